The fraction of sp³-hybridized carbons (Fsp3) is 0.700. The quantitative estimate of drug-likeness (QED) is 0.888. The lowest BCUT2D eigenvalue weighted by Gasteiger charge is -2.12. The van der Waals surface area contributed by atoms with E-state index in [9.17, 15) is 0 Å². The van der Waals surface area contributed by atoms with Crippen molar-refractivity contribution in [2.75, 3.05) is 20.2 Å². The van der Waals surface area contributed by atoms with Crippen LogP contribution < -0.4 is 5.73 Å². The summed E-state index contributed by atoms with van der Waals surface area (Å²) in [6.07, 6.45) is 3.01. The minimum absolute atomic E-state index is 0. The molecule has 1 aliphatic heterocycles. The number of halogens is 1. The van der Waals surface area contributed by atoms with Gasteiger partial charge in [-0.25, -0.2) is 4.98 Å². The number of nitrogens with zero attached hydrogens (tertiary/aromatic N) is 2. The van der Waals surface area contributed by atoms with Crippen molar-refractivity contribution < 1.29 is 4.74 Å². The molecule has 1 saturated heterocycles. The van der Waals surface area contributed by atoms with Crippen LogP contribution in [0.5, 0.6) is 0 Å². The minimum Gasteiger partial charge on any atom is -0.379 e. The molecule has 2 heterocycles. The lowest BCUT2D eigenvalue weighted by atomic mass is 10.3. The maximum absolute atomic E-state index is 5.85. The Balaban J connectivity index is 0.00000128. The van der Waals surface area contributed by atoms with Gasteiger partial charge >= 0.3 is 0 Å². The molecule has 0 saturated carbocycles. The highest BCUT2D eigenvalue weighted by molar-refractivity contribution is 7.11. The fourth-order valence-electron chi connectivity index (χ4n) is 1.83. The van der Waals surface area contributed by atoms with E-state index in [0.717, 1.165) is 31.1 Å². The first-order valence-electron chi connectivity index (χ1n) is 5.18. The maximum Gasteiger partial charge on any atom is 0.107 e. The predicted octanol–water partition coefficient (Wildman–Crippen LogP) is 1.24. The molecule has 1 fully saturated rings. The number of likely N-dealkylation sites (tertiary alicyclic amines) is 1. The van der Waals surface area contributed by atoms with Crippen molar-refractivity contribution >= 4 is 23.7 Å². The molecule has 0 aliphatic carbocycles. The van der Waals surface area contributed by atoms with Gasteiger partial charge in [0.2, 0.25) is 0 Å². The number of methoxy groups -OCH3 is 1. The number of aromatic nitrogens is 1. The number of nitrogens with two attached hydrogens (primary N) is 1. The van der Waals surface area contributed by atoms with E-state index in [1.54, 1.807) is 18.4 Å². The summed E-state index contributed by atoms with van der Waals surface area (Å²) in [6, 6.07) is 0.350. The van der Waals surface area contributed by atoms with E-state index in [-0.39, 0.29) is 12.4 Å². The monoisotopic (exact) mass is 263 g/mol. The average Bonchev–Trinajstić information content (AvgIpc) is 2.78. The SMILES string of the molecule is COCc1cnc(CN2CC[C@@H](N)C2)s1.Cl. The zero-order chi connectivity index (χ0) is 10.7. The van der Waals surface area contributed by atoms with Crippen LogP contribution in [0.25, 0.3) is 0 Å². The highest BCUT2D eigenvalue weighted by Crippen LogP contribution is 2.18. The van der Waals surface area contributed by atoms with E-state index in [4.69, 9.17) is 10.5 Å². The summed E-state index contributed by atoms with van der Waals surface area (Å²) in [5.41, 5.74) is 5.85. The molecule has 1 atom stereocenters. The molecule has 1 aromatic rings. The Morgan fingerprint density at radius 2 is 2.50 bits per heavy atom. The Morgan fingerprint density at radius 1 is 1.69 bits per heavy atom. The summed E-state index contributed by atoms with van der Waals surface area (Å²) < 4.78 is 5.07. The standard InChI is InChI=1S/C10H17N3OS.ClH/c1-14-7-9-4-12-10(15-9)6-13-3-2-8(11)5-13;/h4,8H,2-3,5-7,11H2,1H3;1H/t8-;/m1./s1. The van der Waals surface area contributed by atoms with Gasteiger partial charge in [0.1, 0.15) is 5.01 Å². The molecule has 6 heteroatoms. The van der Waals surface area contributed by atoms with E-state index < -0.39 is 0 Å². The molecule has 0 radical (unpaired) electrons. The van der Waals surface area contributed by atoms with E-state index in [2.05, 4.69) is 9.88 Å². The molecule has 2 rings (SSSR count). The van der Waals surface area contributed by atoms with Crippen LogP contribution in [-0.2, 0) is 17.9 Å². The Morgan fingerprint density at radius 3 is 3.12 bits per heavy atom. The first-order valence-corrected chi connectivity index (χ1v) is 6.00. The number of rotatable bonds is 4. The summed E-state index contributed by atoms with van der Waals surface area (Å²) in [6.45, 7) is 3.69. The number of ether oxygens (including phenoxy) is 1. The fourth-order valence-corrected chi connectivity index (χ4v) is 2.76. The Labute approximate surface area is 106 Å². The molecule has 16 heavy (non-hydrogen) atoms. The van der Waals surface area contributed by atoms with Crippen LogP contribution in [0.4, 0.5) is 0 Å². The smallest absolute Gasteiger partial charge is 0.107 e. The first kappa shape index (κ1) is 13.9. The van der Waals surface area contributed by atoms with Gasteiger partial charge in [-0.2, -0.15) is 0 Å². The van der Waals surface area contributed by atoms with Crippen LogP contribution in [0, 0.1) is 0 Å². The second-order valence-electron chi connectivity index (χ2n) is 3.94. The molecule has 2 N–H and O–H groups in total. The van der Waals surface area contributed by atoms with Gasteiger partial charge in [0.25, 0.3) is 0 Å². The van der Waals surface area contributed by atoms with Crippen molar-refractivity contribution in [3.63, 3.8) is 0 Å². The molecule has 0 amide bonds. The third kappa shape index (κ3) is 3.68. The minimum atomic E-state index is 0. The third-order valence-electron chi connectivity index (χ3n) is 2.56. The number of hydrogen-bond donors (Lipinski definition) is 1. The summed E-state index contributed by atoms with van der Waals surface area (Å²) in [5, 5.41) is 1.16. The molecule has 92 valence electrons. The van der Waals surface area contributed by atoms with Crippen molar-refractivity contribution in [3.05, 3.63) is 16.1 Å². The van der Waals surface area contributed by atoms with Crippen LogP contribution in [-0.4, -0.2) is 36.1 Å². The van der Waals surface area contributed by atoms with Gasteiger partial charge in [0, 0.05) is 32.4 Å². The maximum atomic E-state index is 5.85. The highest BCUT2D eigenvalue weighted by atomic mass is 35.5. The van der Waals surface area contributed by atoms with Crippen molar-refractivity contribution in [1.29, 1.82) is 0 Å². The molecule has 4 nitrogen and oxygen atoms in total. The van der Waals surface area contributed by atoms with E-state index >= 15 is 0 Å². The van der Waals surface area contributed by atoms with Crippen molar-refractivity contribution in [2.45, 2.75) is 25.6 Å². The van der Waals surface area contributed by atoms with Gasteiger partial charge in [-0.3, -0.25) is 4.90 Å². The molecule has 0 bridgehead atoms. The van der Waals surface area contributed by atoms with Gasteiger partial charge in [-0.15, -0.1) is 23.7 Å². The van der Waals surface area contributed by atoms with Gasteiger partial charge < -0.3 is 10.5 Å². The lowest BCUT2D eigenvalue weighted by molar-refractivity contribution is 0.187. The topological polar surface area (TPSA) is 51.4 Å². The van der Waals surface area contributed by atoms with Crippen molar-refractivity contribution in [2.24, 2.45) is 5.73 Å². The zero-order valence-corrected chi connectivity index (χ0v) is 11.0. The molecule has 1 aromatic heterocycles. The summed E-state index contributed by atoms with van der Waals surface area (Å²) in [7, 11) is 1.71. The first-order chi connectivity index (χ1) is 7.28. The largest absolute Gasteiger partial charge is 0.379 e. The van der Waals surface area contributed by atoms with Gasteiger partial charge in [-0.05, 0) is 6.42 Å². The molecule has 0 spiro atoms. The Bertz CT molecular complexity index is 321. The van der Waals surface area contributed by atoms with E-state index in [1.807, 2.05) is 6.20 Å². The molecule has 0 unspecified atom stereocenters. The van der Waals surface area contributed by atoms with Crippen molar-refractivity contribution in [3.8, 4) is 0 Å². The van der Waals surface area contributed by atoms with Gasteiger partial charge in [0.05, 0.1) is 18.0 Å². The van der Waals surface area contributed by atoms with E-state index in [1.165, 1.54) is 4.88 Å². The second kappa shape index (κ2) is 6.51. The normalized spacial score (nSPS) is 21.0. The Hall–Kier alpha value is -0.200. The molecule has 0 aromatic carbocycles. The number of thiazole rings is 1. The molecule has 1 aliphatic rings. The Kier molecular flexibility index (Phi) is 5.64. The van der Waals surface area contributed by atoms with Crippen LogP contribution in [0.2, 0.25) is 0 Å². The number of hydrogen-bond acceptors (Lipinski definition) is 5. The van der Waals surface area contributed by atoms with E-state index in [0.29, 0.717) is 12.6 Å². The van der Waals surface area contributed by atoms with Crippen LogP contribution in [0.1, 0.15) is 16.3 Å². The summed E-state index contributed by atoms with van der Waals surface area (Å²) >= 11 is 1.73. The lowest BCUT2D eigenvalue weighted by Crippen LogP contribution is -2.26. The van der Waals surface area contributed by atoms with Gasteiger partial charge in [0.15, 0.2) is 0 Å². The highest BCUT2D eigenvalue weighted by Gasteiger charge is 2.19. The summed E-state index contributed by atoms with van der Waals surface area (Å²) in [5.74, 6) is 0. The third-order valence-corrected chi connectivity index (χ3v) is 3.51. The average molecular weight is 264 g/mol. The van der Waals surface area contributed by atoms with Crippen molar-refractivity contribution in [1.82, 2.24) is 9.88 Å². The molecular formula is C10H18ClN3OS. The predicted molar refractivity (Wildman–Crippen MR) is 67.9 cm³/mol. The van der Waals surface area contributed by atoms with Crippen LogP contribution in [0.3, 0.4) is 0 Å². The second-order valence-corrected chi connectivity index (χ2v) is 5.14. The van der Waals surface area contributed by atoms with Gasteiger partial charge in [-0.1, -0.05) is 0 Å². The molecular weight excluding hydrogens is 246 g/mol. The zero-order valence-electron chi connectivity index (χ0n) is 9.39. The summed E-state index contributed by atoms with van der Waals surface area (Å²) in [4.78, 5) is 7.93. The van der Waals surface area contributed by atoms with Crippen LogP contribution >= 0.6 is 23.7 Å². The van der Waals surface area contributed by atoms with Crippen LogP contribution in [0.15, 0.2) is 6.20 Å².